The SMILES string of the molecule is c1ccc(CN2CCC(c3ccccc3)(c3noc(-c4cccs4)n3)CC2)cc1. The molecule has 0 bridgehead atoms. The van der Waals surface area contributed by atoms with Gasteiger partial charge in [-0.15, -0.1) is 11.3 Å². The van der Waals surface area contributed by atoms with Crippen molar-refractivity contribution in [2.24, 2.45) is 0 Å². The molecule has 2 aromatic heterocycles. The molecule has 0 saturated carbocycles. The van der Waals surface area contributed by atoms with Crippen LogP contribution in [-0.2, 0) is 12.0 Å². The van der Waals surface area contributed by atoms with Crippen LogP contribution in [0.25, 0.3) is 10.8 Å². The number of likely N-dealkylation sites (tertiary alicyclic amines) is 1. The van der Waals surface area contributed by atoms with Gasteiger partial charge in [0.05, 0.1) is 10.3 Å². The lowest BCUT2D eigenvalue weighted by molar-refractivity contribution is 0.165. The summed E-state index contributed by atoms with van der Waals surface area (Å²) < 4.78 is 5.67. The third-order valence-electron chi connectivity index (χ3n) is 5.87. The molecule has 0 amide bonds. The van der Waals surface area contributed by atoms with Gasteiger partial charge < -0.3 is 4.52 Å². The molecule has 5 heteroatoms. The largest absolute Gasteiger partial charge is 0.333 e. The third-order valence-corrected chi connectivity index (χ3v) is 6.73. The molecular formula is C24H23N3OS. The molecule has 1 saturated heterocycles. The predicted octanol–water partition coefficient (Wildman–Crippen LogP) is 5.38. The van der Waals surface area contributed by atoms with E-state index in [0.29, 0.717) is 5.89 Å². The van der Waals surface area contributed by atoms with Crippen molar-refractivity contribution in [2.45, 2.75) is 24.8 Å². The first-order valence-corrected chi connectivity index (χ1v) is 10.9. The summed E-state index contributed by atoms with van der Waals surface area (Å²) in [6, 6.07) is 25.4. The van der Waals surface area contributed by atoms with Crippen LogP contribution in [0.4, 0.5) is 0 Å². The van der Waals surface area contributed by atoms with E-state index in [1.165, 1.54) is 11.1 Å². The zero-order chi connectivity index (χ0) is 19.5. The summed E-state index contributed by atoms with van der Waals surface area (Å²) in [5.41, 5.74) is 2.44. The van der Waals surface area contributed by atoms with E-state index in [-0.39, 0.29) is 5.41 Å². The van der Waals surface area contributed by atoms with Crippen LogP contribution in [0.2, 0.25) is 0 Å². The highest BCUT2D eigenvalue weighted by atomic mass is 32.1. The van der Waals surface area contributed by atoms with Crippen LogP contribution in [0.5, 0.6) is 0 Å². The predicted molar refractivity (Wildman–Crippen MR) is 116 cm³/mol. The fraction of sp³-hybridized carbons (Fsp3) is 0.250. The first kappa shape index (κ1) is 18.3. The average Bonchev–Trinajstić information content (AvgIpc) is 3.48. The number of hydrogen-bond donors (Lipinski definition) is 0. The van der Waals surface area contributed by atoms with Crippen LogP contribution in [0.15, 0.2) is 82.7 Å². The van der Waals surface area contributed by atoms with Gasteiger partial charge in [-0.1, -0.05) is 71.9 Å². The van der Waals surface area contributed by atoms with Crippen molar-refractivity contribution < 1.29 is 4.52 Å². The quantitative estimate of drug-likeness (QED) is 0.450. The molecule has 0 spiro atoms. The van der Waals surface area contributed by atoms with Gasteiger partial charge in [-0.05, 0) is 48.5 Å². The average molecular weight is 402 g/mol. The van der Waals surface area contributed by atoms with Gasteiger partial charge in [0.25, 0.3) is 5.89 Å². The van der Waals surface area contributed by atoms with Crippen molar-refractivity contribution in [1.29, 1.82) is 0 Å². The Kier molecular flexibility index (Phi) is 5.00. The summed E-state index contributed by atoms with van der Waals surface area (Å²) in [6.07, 6.45) is 1.96. The molecule has 1 aliphatic heterocycles. The molecule has 4 nitrogen and oxygen atoms in total. The molecule has 146 valence electrons. The normalized spacial score (nSPS) is 16.7. The van der Waals surface area contributed by atoms with Gasteiger partial charge in [-0.3, -0.25) is 4.90 Å². The number of nitrogens with zero attached hydrogens (tertiary/aromatic N) is 3. The molecule has 0 radical (unpaired) electrons. The van der Waals surface area contributed by atoms with Crippen LogP contribution in [-0.4, -0.2) is 28.1 Å². The zero-order valence-corrected chi connectivity index (χ0v) is 17.0. The molecule has 0 unspecified atom stereocenters. The van der Waals surface area contributed by atoms with Gasteiger partial charge in [0.1, 0.15) is 0 Å². The van der Waals surface area contributed by atoms with Crippen molar-refractivity contribution in [1.82, 2.24) is 15.0 Å². The minimum absolute atomic E-state index is 0.201. The fourth-order valence-corrected chi connectivity index (χ4v) is 4.90. The Labute approximate surface area is 174 Å². The van der Waals surface area contributed by atoms with E-state index in [4.69, 9.17) is 9.51 Å². The van der Waals surface area contributed by atoms with E-state index in [1.807, 2.05) is 17.5 Å². The minimum atomic E-state index is -0.201. The maximum Gasteiger partial charge on any atom is 0.268 e. The highest BCUT2D eigenvalue weighted by molar-refractivity contribution is 7.13. The molecule has 5 rings (SSSR count). The van der Waals surface area contributed by atoms with Gasteiger partial charge in [0.2, 0.25) is 0 Å². The first-order valence-electron chi connectivity index (χ1n) is 10.0. The molecule has 0 aliphatic carbocycles. The third kappa shape index (κ3) is 3.63. The Morgan fingerprint density at radius 3 is 2.31 bits per heavy atom. The number of benzene rings is 2. The molecule has 1 aliphatic rings. The molecule has 2 aromatic carbocycles. The number of rotatable bonds is 5. The second-order valence-corrected chi connectivity index (χ2v) is 8.56. The van der Waals surface area contributed by atoms with Crippen LogP contribution in [0.3, 0.4) is 0 Å². The molecule has 1 fully saturated rings. The smallest absolute Gasteiger partial charge is 0.268 e. The van der Waals surface area contributed by atoms with Crippen LogP contribution in [0, 0.1) is 0 Å². The monoisotopic (exact) mass is 401 g/mol. The van der Waals surface area contributed by atoms with E-state index in [9.17, 15) is 0 Å². The lowest BCUT2D eigenvalue weighted by atomic mass is 9.72. The van der Waals surface area contributed by atoms with E-state index < -0.39 is 0 Å². The number of piperidine rings is 1. The highest BCUT2D eigenvalue weighted by Gasteiger charge is 2.42. The number of hydrogen-bond acceptors (Lipinski definition) is 5. The molecule has 3 heterocycles. The summed E-state index contributed by atoms with van der Waals surface area (Å²) in [5.74, 6) is 1.43. The topological polar surface area (TPSA) is 42.2 Å². The Morgan fingerprint density at radius 1 is 0.897 bits per heavy atom. The minimum Gasteiger partial charge on any atom is -0.333 e. The van der Waals surface area contributed by atoms with Crippen LogP contribution < -0.4 is 0 Å². The Hall–Kier alpha value is -2.76. The fourth-order valence-electron chi connectivity index (χ4n) is 4.25. The van der Waals surface area contributed by atoms with Gasteiger partial charge in [-0.25, -0.2) is 0 Å². The van der Waals surface area contributed by atoms with E-state index in [0.717, 1.165) is 43.2 Å². The molecule has 0 atom stereocenters. The lowest BCUT2D eigenvalue weighted by Gasteiger charge is -2.40. The van der Waals surface area contributed by atoms with E-state index >= 15 is 0 Å². The Bertz CT molecular complexity index is 1040. The van der Waals surface area contributed by atoms with Gasteiger partial charge in [0, 0.05) is 6.54 Å². The van der Waals surface area contributed by atoms with Crippen molar-refractivity contribution in [3.8, 4) is 10.8 Å². The Morgan fingerprint density at radius 2 is 1.62 bits per heavy atom. The molecule has 29 heavy (non-hydrogen) atoms. The van der Waals surface area contributed by atoms with Crippen molar-refractivity contribution >= 4 is 11.3 Å². The molecule has 0 N–H and O–H groups in total. The number of aromatic nitrogens is 2. The second kappa shape index (κ2) is 7.93. The van der Waals surface area contributed by atoms with E-state index in [2.05, 4.69) is 70.7 Å². The van der Waals surface area contributed by atoms with E-state index in [1.54, 1.807) is 11.3 Å². The van der Waals surface area contributed by atoms with Gasteiger partial charge in [0.15, 0.2) is 5.82 Å². The standard InChI is InChI=1S/C24H23N3OS/c1-3-8-19(9-4-1)18-27-15-13-24(14-16-27,20-10-5-2-6-11-20)23-25-22(28-26-23)21-12-7-17-29-21/h1-12,17H,13-16,18H2. The zero-order valence-electron chi connectivity index (χ0n) is 16.2. The molecule has 4 aromatic rings. The maximum absolute atomic E-state index is 5.67. The summed E-state index contributed by atoms with van der Waals surface area (Å²) in [5, 5.41) is 6.49. The summed E-state index contributed by atoms with van der Waals surface area (Å²) in [4.78, 5) is 8.39. The lowest BCUT2D eigenvalue weighted by Crippen LogP contribution is -2.43. The summed E-state index contributed by atoms with van der Waals surface area (Å²) in [6.45, 7) is 3.00. The summed E-state index contributed by atoms with van der Waals surface area (Å²) in [7, 11) is 0. The second-order valence-electron chi connectivity index (χ2n) is 7.61. The molecular weight excluding hydrogens is 378 g/mol. The van der Waals surface area contributed by atoms with Crippen molar-refractivity contribution in [3.63, 3.8) is 0 Å². The van der Waals surface area contributed by atoms with Gasteiger partial charge >= 0.3 is 0 Å². The van der Waals surface area contributed by atoms with Crippen molar-refractivity contribution in [2.75, 3.05) is 13.1 Å². The van der Waals surface area contributed by atoms with Crippen LogP contribution >= 0.6 is 11.3 Å². The van der Waals surface area contributed by atoms with Gasteiger partial charge in [-0.2, -0.15) is 4.98 Å². The van der Waals surface area contributed by atoms with Crippen molar-refractivity contribution in [3.05, 3.63) is 95.1 Å². The number of thiophene rings is 1. The summed E-state index contributed by atoms with van der Waals surface area (Å²) >= 11 is 1.63. The Balaban J connectivity index is 1.43. The van der Waals surface area contributed by atoms with Crippen LogP contribution in [0.1, 0.15) is 29.8 Å². The first-order chi connectivity index (χ1) is 14.3. The highest BCUT2D eigenvalue weighted by Crippen LogP contribution is 2.41. The maximum atomic E-state index is 5.67.